The number of thiophene rings is 1. The Morgan fingerprint density at radius 1 is 1.32 bits per heavy atom. The SMILES string of the molecule is CN(Cc1ccccc1Cl)S(=O)(=O)c1sccc1Br. The van der Waals surface area contributed by atoms with E-state index in [1.807, 2.05) is 18.2 Å². The van der Waals surface area contributed by atoms with E-state index in [0.29, 0.717) is 13.7 Å². The molecule has 0 bridgehead atoms. The Morgan fingerprint density at radius 2 is 2.00 bits per heavy atom. The first-order valence-corrected chi connectivity index (χ1v) is 8.84. The average Bonchev–Trinajstić information content (AvgIpc) is 2.79. The van der Waals surface area contributed by atoms with E-state index >= 15 is 0 Å². The van der Waals surface area contributed by atoms with E-state index in [9.17, 15) is 8.42 Å². The minimum absolute atomic E-state index is 0.242. The Labute approximate surface area is 130 Å². The molecule has 3 nitrogen and oxygen atoms in total. The summed E-state index contributed by atoms with van der Waals surface area (Å²) in [4.78, 5) is 0. The molecule has 0 aliphatic rings. The Balaban J connectivity index is 2.28. The fourth-order valence-electron chi connectivity index (χ4n) is 1.56. The molecular formula is C12H11BrClNO2S2. The van der Waals surface area contributed by atoms with Gasteiger partial charge in [0.1, 0.15) is 4.21 Å². The van der Waals surface area contributed by atoms with Crippen molar-refractivity contribution in [2.45, 2.75) is 10.8 Å². The Hall–Kier alpha value is -0.400. The van der Waals surface area contributed by atoms with Crippen LogP contribution in [-0.2, 0) is 16.6 Å². The third kappa shape index (κ3) is 3.20. The summed E-state index contributed by atoms with van der Waals surface area (Å²) in [5.74, 6) is 0. The summed E-state index contributed by atoms with van der Waals surface area (Å²) in [6, 6.07) is 8.94. The van der Waals surface area contributed by atoms with Crippen molar-refractivity contribution in [1.29, 1.82) is 0 Å². The van der Waals surface area contributed by atoms with Gasteiger partial charge < -0.3 is 0 Å². The Bertz CT molecular complexity index is 685. The van der Waals surface area contributed by atoms with Gasteiger partial charge in [0.25, 0.3) is 10.0 Å². The van der Waals surface area contributed by atoms with Gasteiger partial charge in [0, 0.05) is 23.1 Å². The standard InChI is InChI=1S/C12H11BrClNO2S2/c1-15(8-9-4-2-3-5-11(9)14)19(16,17)12-10(13)6-7-18-12/h2-7H,8H2,1H3. The molecule has 102 valence electrons. The maximum atomic E-state index is 12.4. The zero-order valence-corrected chi connectivity index (χ0v) is 14.0. The summed E-state index contributed by atoms with van der Waals surface area (Å²) in [5, 5.41) is 2.30. The third-order valence-electron chi connectivity index (χ3n) is 2.58. The Kier molecular flexibility index (Phi) is 4.68. The highest BCUT2D eigenvalue weighted by Crippen LogP contribution is 2.30. The first kappa shape index (κ1) is 15.0. The van der Waals surface area contributed by atoms with Gasteiger partial charge >= 0.3 is 0 Å². The van der Waals surface area contributed by atoms with Crippen LogP contribution in [0.3, 0.4) is 0 Å². The molecule has 0 radical (unpaired) electrons. The van der Waals surface area contributed by atoms with Crippen molar-refractivity contribution >= 4 is 48.9 Å². The number of sulfonamides is 1. The van der Waals surface area contributed by atoms with E-state index in [1.54, 1.807) is 24.6 Å². The van der Waals surface area contributed by atoms with Gasteiger partial charge in [-0.15, -0.1) is 11.3 Å². The zero-order chi connectivity index (χ0) is 14.0. The van der Waals surface area contributed by atoms with E-state index in [1.165, 1.54) is 15.6 Å². The van der Waals surface area contributed by atoms with Crippen LogP contribution in [0, 0.1) is 0 Å². The fourth-order valence-corrected chi connectivity index (χ4v) is 5.40. The lowest BCUT2D eigenvalue weighted by molar-refractivity contribution is 0.468. The highest BCUT2D eigenvalue weighted by molar-refractivity contribution is 9.10. The molecule has 0 aliphatic heterocycles. The lowest BCUT2D eigenvalue weighted by atomic mass is 10.2. The van der Waals surface area contributed by atoms with Crippen LogP contribution in [0.4, 0.5) is 0 Å². The van der Waals surface area contributed by atoms with Gasteiger partial charge in [-0.05, 0) is 39.0 Å². The van der Waals surface area contributed by atoms with Crippen molar-refractivity contribution < 1.29 is 8.42 Å². The first-order chi connectivity index (χ1) is 8.93. The summed E-state index contributed by atoms with van der Waals surface area (Å²) in [5.41, 5.74) is 0.780. The predicted octanol–water partition coefficient (Wildman–Crippen LogP) is 3.98. The molecule has 7 heteroatoms. The molecule has 0 saturated carbocycles. The molecule has 0 fully saturated rings. The van der Waals surface area contributed by atoms with Crippen molar-refractivity contribution in [3.8, 4) is 0 Å². The number of rotatable bonds is 4. The monoisotopic (exact) mass is 379 g/mol. The molecular weight excluding hydrogens is 370 g/mol. The number of benzene rings is 1. The predicted molar refractivity (Wildman–Crippen MR) is 82.1 cm³/mol. The maximum absolute atomic E-state index is 12.4. The highest BCUT2D eigenvalue weighted by Gasteiger charge is 2.25. The van der Waals surface area contributed by atoms with Crippen LogP contribution < -0.4 is 0 Å². The summed E-state index contributed by atoms with van der Waals surface area (Å²) in [6.07, 6.45) is 0. The molecule has 1 aromatic heterocycles. The molecule has 0 atom stereocenters. The van der Waals surface area contributed by atoms with Crippen LogP contribution >= 0.6 is 38.9 Å². The smallest absolute Gasteiger partial charge is 0.206 e. The van der Waals surface area contributed by atoms with E-state index in [-0.39, 0.29) is 6.54 Å². The zero-order valence-electron chi connectivity index (χ0n) is 10.0. The number of nitrogens with zero attached hydrogens (tertiary/aromatic N) is 1. The van der Waals surface area contributed by atoms with Gasteiger partial charge in [0.2, 0.25) is 0 Å². The largest absolute Gasteiger partial charge is 0.253 e. The second-order valence-corrected chi connectivity index (χ2v) is 8.33. The number of halogens is 2. The summed E-state index contributed by atoms with van der Waals surface area (Å²) >= 11 is 10.5. The van der Waals surface area contributed by atoms with E-state index < -0.39 is 10.0 Å². The maximum Gasteiger partial charge on any atom is 0.253 e. The van der Waals surface area contributed by atoms with Crippen LogP contribution in [0.15, 0.2) is 44.4 Å². The molecule has 1 heterocycles. The van der Waals surface area contributed by atoms with Gasteiger partial charge in [-0.2, -0.15) is 4.31 Å². The van der Waals surface area contributed by atoms with Crippen molar-refractivity contribution in [3.05, 3.63) is 50.8 Å². The number of hydrogen-bond donors (Lipinski definition) is 0. The fraction of sp³-hybridized carbons (Fsp3) is 0.167. The van der Waals surface area contributed by atoms with Crippen molar-refractivity contribution in [2.24, 2.45) is 0 Å². The minimum atomic E-state index is -3.49. The lowest BCUT2D eigenvalue weighted by Crippen LogP contribution is -2.26. The van der Waals surface area contributed by atoms with E-state index in [4.69, 9.17) is 11.6 Å². The molecule has 19 heavy (non-hydrogen) atoms. The van der Waals surface area contributed by atoms with Gasteiger partial charge in [-0.3, -0.25) is 0 Å². The van der Waals surface area contributed by atoms with Crippen LogP contribution in [0.5, 0.6) is 0 Å². The summed E-state index contributed by atoms with van der Waals surface area (Å²) < 4.78 is 27.0. The van der Waals surface area contributed by atoms with Gasteiger partial charge in [-0.25, -0.2) is 8.42 Å². The molecule has 0 N–H and O–H groups in total. The first-order valence-electron chi connectivity index (χ1n) is 5.35. The van der Waals surface area contributed by atoms with E-state index in [2.05, 4.69) is 15.9 Å². The average molecular weight is 381 g/mol. The third-order valence-corrected chi connectivity index (χ3v) is 7.40. The quantitative estimate of drug-likeness (QED) is 0.804. The summed E-state index contributed by atoms with van der Waals surface area (Å²) in [6.45, 7) is 0.242. The van der Waals surface area contributed by atoms with Crippen LogP contribution in [0.25, 0.3) is 0 Å². The summed E-state index contributed by atoms with van der Waals surface area (Å²) in [7, 11) is -1.95. The molecule has 0 amide bonds. The molecule has 1 aromatic carbocycles. The topological polar surface area (TPSA) is 37.4 Å². The van der Waals surface area contributed by atoms with Crippen molar-refractivity contribution in [3.63, 3.8) is 0 Å². The minimum Gasteiger partial charge on any atom is -0.206 e. The van der Waals surface area contributed by atoms with Gasteiger partial charge in [0.15, 0.2) is 0 Å². The number of hydrogen-bond acceptors (Lipinski definition) is 3. The van der Waals surface area contributed by atoms with Crippen LogP contribution in [0.2, 0.25) is 5.02 Å². The van der Waals surface area contributed by atoms with Gasteiger partial charge in [-0.1, -0.05) is 29.8 Å². The molecule has 2 aromatic rings. The molecule has 0 unspecified atom stereocenters. The van der Waals surface area contributed by atoms with Crippen LogP contribution in [-0.4, -0.2) is 19.8 Å². The normalized spacial score (nSPS) is 12.0. The van der Waals surface area contributed by atoms with Crippen molar-refractivity contribution in [1.82, 2.24) is 4.31 Å². The highest BCUT2D eigenvalue weighted by atomic mass is 79.9. The lowest BCUT2D eigenvalue weighted by Gasteiger charge is -2.17. The van der Waals surface area contributed by atoms with E-state index in [0.717, 1.165) is 5.56 Å². The second kappa shape index (κ2) is 5.93. The molecule has 0 spiro atoms. The van der Waals surface area contributed by atoms with Crippen molar-refractivity contribution in [2.75, 3.05) is 7.05 Å². The molecule has 0 saturated heterocycles. The van der Waals surface area contributed by atoms with Gasteiger partial charge in [0.05, 0.1) is 0 Å². The second-order valence-electron chi connectivity index (χ2n) is 3.91. The Morgan fingerprint density at radius 3 is 2.58 bits per heavy atom. The van der Waals surface area contributed by atoms with Crippen LogP contribution in [0.1, 0.15) is 5.56 Å². The molecule has 2 rings (SSSR count). The molecule has 0 aliphatic carbocycles.